The summed E-state index contributed by atoms with van der Waals surface area (Å²) in [5, 5.41) is 3.09. The number of amides is 1. The number of carbonyl (C=O) groups is 2. The number of nitrogens with zero attached hydrogens (tertiary/aromatic N) is 2. The quantitative estimate of drug-likeness (QED) is 0.791. The summed E-state index contributed by atoms with van der Waals surface area (Å²) in [6.45, 7) is 1.50. The average molecular weight is 387 g/mol. The molecule has 8 heteroatoms. The monoisotopic (exact) mass is 387 g/mol. The van der Waals surface area contributed by atoms with Crippen molar-refractivity contribution in [3.63, 3.8) is 0 Å². The highest BCUT2D eigenvalue weighted by Crippen LogP contribution is 2.20. The molecule has 0 bridgehead atoms. The van der Waals surface area contributed by atoms with Crippen molar-refractivity contribution >= 4 is 33.0 Å². The van der Waals surface area contributed by atoms with E-state index < -0.39 is 9.84 Å². The van der Waals surface area contributed by atoms with Gasteiger partial charge in [0, 0.05) is 30.5 Å². The van der Waals surface area contributed by atoms with Crippen molar-refractivity contribution in [2.75, 3.05) is 23.9 Å². The number of nitrogens with one attached hydrogen (secondary N) is 1. The zero-order valence-electron chi connectivity index (χ0n) is 15.2. The van der Waals surface area contributed by atoms with E-state index in [1.54, 1.807) is 37.4 Å². The van der Waals surface area contributed by atoms with Crippen LogP contribution in [0.2, 0.25) is 0 Å². The minimum Gasteiger partial charge on any atom is -0.340 e. The Bertz CT molecular complexity index is 971. The highest BCUT2D eigenvalue weighted by Gasteiger charge is 2.33. The van der Waals surface area contributed by atoms with Gasteiger partial charge >= 0.3 is 0 Å². The maximum atomic E-state index is 12.6. The molecule has 0 aliphatic carbocycles. The summed E-state index contributed by atoms with van der Waals surface area (Å²) in [5.41, 5.74) is 1.72. The third kappa shape index (κ3) is 4.51. The average Bonchev–Trinajstić information content (AvgIpc) is 3.01. The number of sulfone groups is 1. The first kappa shape index (κ1) is 19.0. The molecule has 1 aliphatic rings. The number of anilines is 2. The summed E-state index contributed by atoms with van der Waals surface area (Å²) in [7, 11) is -1.43. The van der Waals surface area contributed by atoms with E-state index in [2.05, 4.69) is 10.3 Å². The number of benzene rings is 1. The van der Waals surface area contributed by atoms with Crippen LogP contribution in [-0.2, 0) is 9.84 Å². The molecule has 1 N–H and O–H groups in total. The van der Waals surface area contributed by atoms with Gasteiger partial charge in [0.2, 0.25) is 0 Å². The van der Waals surface area contributed by atoms with Crippen LogP contribution in [0.4, 0.5) is 11.5 Å². The van der Waals surface area contributed by atoms with Gasteiger partial charge < -0.3 is 10.2 Å². The van der Waals surface area contributed by atoms with E-state index in [0.717, 1.165) is 5.69 Å². The fraction of sp³-hybridized carbons (Fsp3) is 0.316. The second-order valence-electron chi connectivity index (χ2n) is 6.67. The maximum Gasteiger partial charge on any atom is 0.255 e. The van der Waals surface area contributed by atoms with Gasteiger partial charge in [-0.1, -0.05) is 12.1 Å². The topological polar surface area (TPSA) is 96.4 Å². The highest BCUT2D eigenvalue weighted by molar-refractivity contribution is 7.91. The Balaban J connectivity index is 1.69. The second kappa shape index (κ2) is 7.48. The van der Waals surface area contributed by atoms with Crippen LogP contribution in [0.15, 0.2) is 42.6 Å². The Kier molecular flexibility index (Phi) is 5.27. The minimum absolute atomic E-state index is 0.00873. The van der Waals surface area contributed by atoms with E-state index in [-0.39, 0.29) is 29.2 Å². The Morgan fingerprint density at radius 2 is 1.96 bits per heavy atom. The maximum absolute atomic E-state index is 12.6. The third-order valence-electron chi connectivity index (χ3n) is 4.63. The predicted octanol–water partition coefficient (Wildman–Crippen LogP) is 2.29. The van der Waals surface area contributed by atoms with Gasteiger partial charge in [-0.15, -0.1) is 0 Å². The third-order valence-corrected chi connectivity index (χ3v) is 6.38. The number of Topliss-reactive ketones (excluding diaryl/α,β-unsaturated/α-hetero) is 1. The molecule has 0 radical (unpaired) electrons. The van der Waals surface area contributed by atoms with Gasteiger partial charge in [0.15, 0.2) is 15.6 Å². The number of aromatic nitrogens is 1. The first-order chi connectivity index (χ1) is 12.7. The lowest BCUT2D eigenvalue weighted by atomic mass is 10.1. The Labute approximate surface area is 158 Å². The summed E-state index contributed by atoms with van der Waals surface area (Å²) < 4.78 is 23.2. The van der Waals surface area contributed by atoms with Crippen LogP contribution in [0, 0.1) is 0 Å². The van der Waals surface area contributed by atoms with E-state index >= 15 is 0 Å². The number of ketones is 1. The fourth-order valence-corrected chi connectivity index (χ4v) is 4.78. The van der Waals surface area contributed by atoms with Crippen LogP contribution in [0.25, 0.3) is 0 Å². The molecule has 142 valence electrons. The fourth-order valence-electron chi connectivity index (χ4n) is 3.01. The molecule has 1 fully saturated rings. The van der Waals surface area contributed by atoms with Crippen molar-refractivity contribution in [3.05, 3.63) is 53.7 Å². The molecular weight excluding hydrogens is 366 g/mol. The van der Waals surface area contributed by atoms with Crippen molar-refractivity contribution < 1.29 is 18.0 Å². The zero-order valence-corrected chi connectivity index (χ0v) is 16.0. The van der Waals surface area contributed by atoms with Crippen LogP contribution >= 0.6 is 0 Å². The second-order valence-corrected chi connectivity index (χ2v) is 8.90. The molecule has 1 aromatic carbocycles. The molecule has 1 unspecified atom stereocenters. The van der Waals surface area contributed by atoms with E-state index in [4.69, 9.17) is 0 Å². The van der Waals surface area contributed by atoms with Gasteiger partial charge in [-0.05, 0) is 37.6 Å². The molecule has 1 aromatic heterocycles. The number of hydrogen-bond acceptors (Lipinski definition) is 6. The van der Waals surface area contributed by atoms with Gasteiger partial charge in [-0.3, -0.25) is 9.59 Å². The number of carbonyl (C=O) groups excluding carboxylic acids is 2. The SMILES string of the molecule is CC(=O)c1cccc(Nc2ccc(C(=O)N(C)C3CCS(=O)(=O)C3)cn2)c1. The van der Waals surface area contributed by atoms with Crippen molar-refractivity contribution in [3.8, 4) is 0 Å². The highest BCUT2D eigenvalue weighted by atomic mass is 32.2. The van der Waals surface area contributed by atoms with Crippen molar-refractivity contribution in [2.24, 2.45) is 0 Å². The zero-order chi connectivity index (χ0) is 19.6. The summed E-state index contributed by atoms with van der Waals surface area (Å²) >= 11 is 0. The molecule has 0 saturated carbocycles. The van der Waals surface area contributed by atoms with E-state index in [1.807, 2.05) is 6.07 Å². The largest absolute Gasteiger partial charge is 0.340 e. The molecule has 7 nitrogen and oxygen atoms in total. The van der Waals surface area contributed by atoms with Gasteiger partial charge in [-0.25, -0.2) is 13.4 Å². The van der Waals surface area contributed by atoms with Crippen LogP contribution in [0.3, 0.4) is 0 Å². The smallest absolute Gasteiger partial charge is 0.255 e. The lowest BCUT2D eigenvalue weighted by Gasteiger charge is -2.23. The van der Waals surface area contributed by atoms with Crippen molar-refractivity contribution in [2.45, 2.75) is 19.4 Å². The van der Waals surface area contributed by atoms with Crippen LogP contribution in [0.5, 0.6) is 0 Å². The molecule has 2 aromatic rings. The number of pyridine rings is 1. The number of rotatable bonds is 5. The van der Waals surface area contributed by atoms with Crippen molar-refractivity contribution in [1.82, 2.24) is 9.88 Å². The van der Waals surface area contributed by atoms with Crippen LogP contribution in [0.1, 0.15) is 34.1 Å². The summed E-state index contributed by atoms with van der Waals surface area (Å²) in [5.74, 6) is 0.391. The molecule has 27 heavy (non-hydrogen) atoms. The molecular formula is C19H21N3O4S. The molecule has 0 spiro atoms. The molecule has 1 aliphatic heterocycles. The molecule has 3 rings (SSSR count). The molecule has 1 atom stereocenters. The number of hydrogen-bond donors (Lipinski definition) is 1. The molecule has 2 heterocycles. The first-order valence-corrected chi connectivity index (χ1v) is 10.4. The first-order valence-electron chi connectivity index (χ1n) is 8.57. The van der Waals surface area contributed by atoms with E-state index in [9.17, 15) is 18.0 Å². The predicted molar refractivity (Wildman–Crippen MR) is 103 cm³/mol. The van der Waals surface area contributed by atoms with Gasteiger partial charge in [-0.2, -0.15) is 0 Å². The normalized spacial score (nSPS) is 18.1. The standard InChI is InChI=1S/C19H21N3O4S/c1-13(23)14-4-3-5-16(10-14)21-18-7-6-15(11-20-18)19(24)22(2)17-8-9-27(25,26)12-17/h3-7,10-11,17H,8-9,12H2,1-2H3,(H,20,21). The summed E-state index contributed by atoms with van der Waals surface area (Å²) in [4.78, 5) is 29.7. The van der Waals surface area contributed by atoms with Crippen LogP contribution < -0.4 is 5.32 Å². The van der Waals surface area contributed by atoms with Crippen LogP contribution in [-0.4, -0.2) is 54.6 Å². The van der Waals surface area contributed by atoms with Gasteiger partial charge in [0.05, 0.1) is 17.1 Å². The van der Waals surface area contributed by atoms with Crippen molar-refractivity contribution in [1.29, 1.82) is 0 Å². The lowest BCUT2D eigenvalue weighted by Crippen LogP contribution is -2.37. The van der Waals surface area contributed by atoms with E-state index in [0.29, 0.717) is 23.4 Å². The Morgan fingerprint density at radius 1 is 1.19 bits per heavy atom. The summed E-state index contributed by atoms with van der Waals surface area (Å²) in [6, 6.07) is 10.1. The summed E-state index contributed by atoms with van der Waals surface area (Å²) in [6.07, 6.45) is 1.92. The Morgan fingerprint density at radius 3 is 2.56 bits per heavy atom. The van der Waals surface area contributed by atoms with Gasteiger partial charge in [0.25, 0.3) is 5.91 Å². The minimum atomic E-state index is -3.05. The molecule has 1 amide bonds. The van der Waals surface area contributed by atoms with E-state index in [1.165, 1.54) is 18.0 Å². The lowest BCUT2D eigenvalue weighted by molar-refractivity contribution is 0.0747. The van der Waals surface area contributed by atoms with Gasteiger partial charge in [0.1, 0.15) is 5.82 Å². The molecule has 1 saturated heterocycles. The Hall–Kier alpha value is -2.74.